The number of phenols is 1. The Morgan fingerprint density at radius 3 is 2.70 bits per heavy atom. The molecule has 0 fully saturated rings. The molecule has 30 heavy (non-hydrogen) atoms. The van der Waals surface area contributed by atoms with Crippen LogP contribution >= 0.6 is 11.6 Å². The third-order valence-corrected chi connectivity index (χ3v) is 5.75. The third-order valence-electron chi connectivity index (χ3n) is 5.34. The molecule has 1 amide bonds. The van der Waals surface area contributed by atoms with Crippen molar-refractivity contribution in [3.63, 3.8) is 0 Å². The lowest BCUT2D eigenvalue weighted by molar-refractivity contribution is 0.0701. The Balaban J connectivity index is 1.77. The molecule has 1 atom stereocenters. The Morgan fingerprint density at radius 1 is 1.13 bits per heavy atom. The summed E-state index contributed by atoms with van der Waals surface area (Å²) in [7, 11) is 0. The molecule has 0 radical (unpaired) electrons. The van der Waals surface area contributed by atoms with Gasteiger partial charge in [0.1, 0.15) is 17.1 Å². The molecule has 1 N–H and O–H groups in total. The van der Waals surface area contributed by atoms with Crippen molar-refractivity contribution >= 4 is 28.5 Å². The van der Waals surface area contributed by atoms with Gasteiger partial charge in [0.25, 0.3) is 5.91 Å². The van der Waals surface area contributed by atoms with Crippen molar-refractivity contribution < 1.29 is 18.7 Å². The Morgan fingerprint density at radius 2 is 1.97 bits per heavy atom. The molecule has 0 saturated heterocycles. The number of rotatable bonds is 3. The largest absolute Gasteiger partial charge is 0.508 e. The van der Waals surface area contributed by atoms with Gasteiger partial charge in [0, 0.05) is 5.02 Å². The normalized spacial score (nSPS) is 15.7. The summed E-state index contributed by atoms with van der Waals surface area (Å²) in [4.78, 5) is 28.3. The Labute approximate surface area is 175 Å². The molecule has 2 aromatic carbocycles. The van der Waals surface area contributed by atoms with Crippen molar-refractivity contribution in [2.24, 2.45) is 0 Å². The number of aromatic hydroxyl groups is 1. The first kappa shape index (κ1) is 18.5. The molecule has 150 valence electrons. The first-order valence-corrected chi connectivity index (χ1v) is 9.71. The summed E-state index contributed by atoms with van der Waals surface area (Å²) >= 11 is 6.23. The molecule has 2 aromatic heterocycles. The molecule has 0 saturated carbocycles. The van der Waals surface area contributed by atoms with E-state index in [1.165, 1.54) is 23.3 Å². The lowest BCUT2D eigenvalue weighted by Gasteiger charge is -2.24. The van der Waals surface area contributed by atoms with Crippen LogP contribution in [0.15, 0.2) is 68.4 Å². The first-order chi connectivity index (χ1) is 14.4. The van der Waals surface area contributed by atoms with Crippen LogP contribution < -0.4 is 5.43 Å². The number of carbonyl (C=O) groups is 1. The molecule has 5 rings (SSSR count). The molecule has 1 aliphatic heterocycles. The fourth-order valence-corrected chi connectivity index (χ4v) is 4.08. The number of nitrogens with zero attached hydrogens (tertiary/aromatic N) is 1. The van der Waals surface area contributed by atoms with E-state index in [0.717, 1.165) is 5.56 Å². The monoisotopic (exact) mass is 421 g/mol. The zero-order valence-electron chi connectivity index (χ0n) is 15.9. The Bertz CT molecular complexity index is 1360. The van der Waals surface area contributed by atoms with Gasteiger partial charge in [0.05, 0.1) is 29.8 Å². The zero-order valence-corrected chi connectivity index (χ0v) is 16.6. The minimum absolute atomic E-state index is 0.00544. The van der Waals surface area contributed by atoms with E-state index in [4.69, 9.17) is 20.4 Å². The van der Waals surface area contributed by atoms with Crippen molar-refractivity contribution in [1.82, 2.24) is 4.90 Å². The van der Waals surface area contributed by atoms with Crippen LogP contribution in [0.25, 0.3) is 11.0 Å². The summed E-state index contributed by atoms with van der Waals surface area (Å²) < 4.78 is 11.3. The maximum absolute atomic E-state index is 13.5. The van der Waals surface area contributed by atoms with Gasteiger partial charge in [0.2, 0.25) is 5.76 Å². The second kappa shape index (κ2) is 6.78. The summed E-state index contributed by atoms with van der Waals surface area (Å²) in [5.74, 6) is 0.183. The number of benzene rings is 2. The maximum atomic E-state index is 13.5. The summed E-state index contributed by atoms with van der Waals surface area (Å²) in [5.41, 5.74) is 1.55. The van der Waals surface area contributed by atoms with Gasteiger partial charge in [-0.1, -0.05) is 23.7 Å². The van der Waals surface area contributed by atoms with Crippen LogP contribution in [0, 0.1) is 6.92 Å². The highest BCUT2D eigenvalue weighted by Gasteiger charge is 2.43. The van der Waals surface area contributed by atoms with Crippen LogP contribution in [-0.2, 0) is 6.54 Å². The van der Waals surface area contributed by atoms with Crippen molar-refractivity contribution in [2.45, 2.75) is 19.5 Å². The van der Waals surface area contributed by atoms with Crippen molar-refractivity contribution in [1.29, 1.82) is 0 Å². The molecular formula is C23H16ClNO5. The molecule has 6 nitrogen and oxygen atoms in total. The van der Waals surface area contributed by atoms with E-state index >= 15 is 0 Å². The Hall–Kier alpha value is -3.51. The van der Waals surface area contributed by atoms with E-state index < -0.39 is 11.9 Å². The molecule has 4 aromatic rings. The minimum atomic E-state index is -0.731. The summed E-state index contributed by atoms with van der Waals surface area (Å²) in [6, 6.07) is 12.5. The predicted octanol–water partition coefficient (Wildman–Crippen LogP) is 4.80. The summed E-state index contributed by atoms with van der Waals surface area (Å²) in [6.07, 6.45) is 1.52. The average molecular weight is 422 g/mol. The molecule has 0 aliphatic carbocycles. The topological polar surface area (TPSA) is 83.9 Å². The first-order valence-electron chi connectivity index (χ1n) is 9.33. The van der Waals surface area contributed by atoms with E-state index in [-0.39, 0.29) is 29.0 Å². The number of phenolic OH excluding ortho intramolecular Hbond substituents is 1. The number of carbonyl (C=O) groups excluding carboxylic acids is 1. The van der Waals surface area contributed by atoms with Gasteiger partial charge in [-0.05, 0) is 54.4 Å². The summed E-state index contributed by atoms with van der Waals surface area (Å²) in [6.45, 7) is 1.95. The standard InChI is InChI=1S/C23H16ClNO5/c1-12-8-18-16(10-17(12)24)21(27)19-20(13-4-2-5-14(26)9-13)25(23(28)22(19)30-18)11-15-6-3-7-29-15/h2-10,20,26H,11H2,1H3/t20-/m1/s1. The molecule has 7 heteroatoms. The fraction of sp³-hybridized carbons (Fsp3) is 0.130. The second-order valence-electron chi connectivity index (χ2n) is 7.28. The van der Waals surface area contributed by atoms with Crippen LogP contribution in [0.4, 0.5) is 0 Å². The van der Waals surface area contributed by atoms with Gasteiger partial charge in [-0.15, -0.1) is 0 Å². The van der Waals surface area contributed by atoms with E-state index in [1.807, 2.05) is 0 Å². The van der Waals surface area contributed by atoms with E-state index in [1.54, 1.807) is 43.3 Å². The van der Waals surface area contributed by atoms with E-state index in [9.17, 15) is 14.7 Å². The molecule has 1 aliphatic rings. The molecule has 0 bridgehead atoms. The predicted molar refractivity (Wildman–Crippen MR) is 111 cm³/mol. The highest BCUT2D eigenvalue weighted by Crippen LogP contribution is 2.40. The number of hydrogen-bond donors (Lipinski definition) is 1. The highest BCUT2D eigenvalue weighted by molar-refractivity contribution is 6.32. The van der Waals surface area contributed by atoms with Gasteiger partial charge in [-0.3, -0.25) is 9.59 Å². The van der Waals surface area contributed by atoms with Gasteiger partial charge in [-0.25, -0.2) is 0 Å². The zero-order chi connectivity index (χ0) is 21.0. The van der Waals surface area contributed by atoms with Crippen molar-refractivity contribution in [3.8, 4) is 5.75 Å². The molecule has 3 heterocycles. The maximum Gasteiger partial charge on any atom is 0.291 e. The number of amides is 1. The van der Waals surface area contributed by atoms with Gasteiger partial charge < -0.3 is 18.8 Å². The number of aryl methyl sites for hydroxylation is 1. The lowest BCUT2D eigenvalue weighted by atomic mass is 9.98. The van der Waals surface area contributed by atoms with Gasteiger partial charge in [-0.2, -0.15) is 0 Å². The van der Waals surface area contributed by atoms with Crippen LogP contribution in [0.1, 0.15) is 39.0 Å². The lowest BCUT2D eigenvalue weighted by Crippen LogP contribution is -2.29. The number of halogens is 1. The number of furan rings is 1. The SMILES string of the molecule is Cc1cc2oc3c(c(=O)c2cc1Cl)[C@@H](c1cccc(O)c1)N(Cc1ccco1)C3=O. The second-order valence-corrected chi connectivity index (χ2v) is 7.69. The Kier molecular flexibility index (Phi) is 4.18. The minimum Gasteiger partial charge on any atom is -0.508 e. The smallest absolute Gasteiger partial charge is 0.291 e. The van der Waals surface area contributed by atoms with E-state index in [2.05, 4.69) is 0 Å². The average Bonchev–Trinajstić information content (AvgIpc) is 3.32. The number of hydrogen-bond acceptors (Lipinski definition) is 5. The van der Waals surface area contributed by atoms with Gasteiger partial charge in [0.15, 0.2) is 5.43 Å². The summed E-state index contributed by atoms with van der Waals surface area (Å²) in [5, 5.41) is 10.7. The third kappa shape index (κ3) is 2.80. The van der Waals surface area contributed by atoms with Crippen molar-refractivity contribution in [2.75, 3.05) is 0 Å². The molecule has 0 unspecified atom stereocenters. The van der Waals surface area contributed by atoms with Crippen LogP contribution in [0.3, 0.4) is 0 Å². The van der Waals surface area contributed by atoms with Crippen molar-refractivity contribution in [3.05, 3.63) is 98.3 Å². The molecule has 0 spiro atoms. The van der Waals surface area contributed by atoms with Crippen LogP contribution in [-0.4, -0.2) is 15.9 Å². The quantitative estimate of drug-likeness (QED) is 0.513. The van der Waals surface area contributed by atoms with Crippen LogP contribution in [0.2, 0.25) is 5.02 Å². The number of fused-ring (bicyclic) bond motifs is 2. The molecular weight excluding hydrogens is 406 g/mol. The van der Waals surface area contributed by atoms with E-state index in [0.29, 0.717) is 27.3 Å². The van der Waals surface area contributed by atoms with Gasteiger partial charge >= 0.3 is 0 Å². The fourth-order valence-electron chi connectivity index (χ4n) is 3.92. The highest BCUT2D eigenvalue weighted by atomic mass is 35.5. The van der Waals surface area contributed by atoms with Crippen LogP contribution in [0.5, 0.6) is 5.75 Å².